The number of carbonyl (C=O) groups excluding carboxylic acids is 1. The Morgan fingerprint density at radius 2 is 2.06 bits per heavy atom. The molecule has 0 saturated carbocycles. The largest absolute Gasteiger partial charge is 0.399 e. The number of anilines is 1. The van der Waals surface area contributed by atoms with Crippen LogP contribution in [0.2, 0.25) is 0 Å². The number of hydrogen-bond acceptors (Lipinski definition) is 2. The van der Waals surface area contributed by atoms with Crippen molar-refractivity contribution >= 4 is 11.6 Å². The predicted molar refractivity (Wildman–Crippen MR) is 72.1 cm³/mol. The Morgan fingerprint density at radius 3 is 2.65 bits per heavy atom. The van der Waals surface area contributed by atoms with Crippen molar-refractivity contribution in [1.29, 1.82) is 0 Å². The zero-order valence-electron chi connectivity index (χ0n) is 11.0. The van der Waals surface area contributed by atoms with Gasteiger partial charge < -0.3 is 10.6 Å². The molecular weight excluding hydrogens is 212 g/mol. The van der Waals surface area contributed by atoms with Crippen molar-refractivity contribution in [3.05, 3.63) is 29.3 Å². The number of carbonyl (C=O) groups is 1. The Morgan fingerprint density at radius 1 is 1.35 bits per heavy atom. The Balaban J connectivity index is 2.89. The smallest absolute Gasteiger partial charge is 0.254 e. The summed E-state index contributed by atoms with van der Waals surface area (Å²) in [6.07, 6.45) is 2.14. The molecule has 0 aliphatic rings. The minimum absolute atomic E-state index is 0.0887. The highest BCUT2D eigenvalue weighted by Crippen LogP contribution is 2.15. The first kappa shape index (κ1) is 13.6. The van der Waals surface area contributed by atoms with Gasteiger partial charge >= 0.3 is 0 Å². The molecule has 1 aromatic carbocycles. The van der Waals surface area contributed by atoms with Crippen LogP contribution in [0.3, 0.4) is 0 Å². The molecule has 1 rings (SSSR count). The molecule has 3 heteroatoms. The molecule has 0 saturated heterocycles. The molecule has 94 valence electrons. The third-order valence-electron chi connectivity index (χ3n) is 2.94. The average molecular weight is 234 g/mol. The summed E-state index contributed by atoms with van der Waals surface area (Å²) in [6, 6.07) is 5.50. The second kappa shape index (κ2) is 6.28. The van der Waals surface area contributed by atoms with Crippen molar-refractivity contribution in [2.75, 3.05) is 18.8 Å². The van der Waals surface area contributed by atoms with E-state index >= 15 is 0 Å². The zero-order chi connectivity index (χ0) is 12.8. The van der Waals surface area contributed by atoms with Gasteiger partial charge in [-0.1, -0.05) is 19.4 Å². The van der Waals surface area contributed by atoms with Gasteiger partial charge in [-0.2, -0.15) is 0 Å². The zero-order valence-corrected chi connectivity index (χ0v) is 11.0. The van der Waals surface area contributed by atoms with E-state index in [-0.39, 0.29) is 5.91 Å². The van der Waals surface area contributed by atoms with Crippen molar-refractivity contribution in [3.63, 3.8) is 0 Å². The van der Waals surface area contributed by atoms with Crippen LogP contribution in [0, 0.1) is 6.92 Å². The number of rotatable bonds is 5. The lowest BCUT2D eigenvalue weighted by Gasteiger charge is -2.21. The third kappa shape index (κ3) is 3.48. The number of nitrogen functional groups attached to an aromatic ring is 1. The number of hydrogen-bond donors (Lipinski definition) is 1. The van der Waals surface area contributed by atoms with E-state index in [0.29, 0.717) is 5.69 Å². The van der Waals surface area contributed by atoms with Crippen molar-refractivity contribution in [2.45, 2.75) is 33.6 Å². The summed E-state index contributed by atoms with van der Waals surface area (Å²) in [7, 11) is 0. The van der Waals surface area contributed by atoms with Crippen LogP contribution in [0.5, 0.6) is 0 Å². The minimum Gasteiger partial charge on any atom is -0.399 e. The molecule has 0 radical (unpaired) electrons. The summed E-state index contributed by atoms with van der Waals surface area (Å²) in [4.78, 5) is 14.2. The van der Waals surface area contributed by atoms with Crippen LogP contribution < -0.4 is 5.73 Å². The van der Waals surface area contributed by atoms with Crippen molar-refractivity contribution < 1.29 is 4.79 Å². The SMILES string of the molecule is CCCCN(CC)C(=O)c1cc(N)ccc1C. The number of benzene rings is 1. The van der Waals surface area contributed by atoms with Gasteiger partial charge in [0.15, 0.2) is 0 Å². The van der Waals surface area contributed by atoms with Gasteiger partial charge in [-0.3, -0.25) is 4.79 Å². The van der Waals surface area contributed by atoms with Gasteiger partial charge in [0.1, 0.15) is 0 Å². The Kier molecular flexibility index (Phi) is 5.01. The monoisotopic (exact) mass is 234 g/mol. The lowest BCUT2D eigenvalue weighted by Crippen LogP contribution is -2.32. The molecule has 0 aliphatic heterocycles. The summed E-state index contributed by atoms with van der Waals surface area (Å²) in [5.41, 5.74) is 8.09. The van der Waals surface area contributed by atoms with Gasteiger partial charge in [-0.15, -0.1) is 0 Å². The molecule has 0 aliphatic carbocycles. The third-order valence-corrected chi connectivity index (χ3v) is 2.94. The number of amides is 1. The van der Waals surface area contributed by atoms with E-state index in [2.05, 4.69) is 6.92 Å². The van der Waals surface area contributed by atoms with E-state index in [9.17, 15) is 4.79 Å². The maximum Gasteiger partial charge on any atom is 0.254 e. The van der Waals surface area contributed by atoms with Gasteiger partial charge in [0.2, 0.25) is 0 Å². The van der Waals surface area contributed by atoms with Gasteiger partial charge in [0.05, 0.1) is 0 Å². The van der Waals surface area contributed by atoms with E-state index in [1.165, 1.54) is 0 Å². The Bertz CT molecular complexity index is 388. The van der Waals surface area contributed by atoms with E-state index in [0.717, 1.165) is 37.1 Å². The van der Waals surface area contributed by atoms with Crippen LogP contribution in [0.1, 0.15) is 42.6 Å². The molecule has 2 N–H and O–H groups in total. The fourth-order valence-electron chi connectivity index (χ4n) is 1.79. The molecule has 3 nitrogen and oxygen atoms in total. The minimum atomic E-state index is 0.0887. The highest BCUT2D eigenvalue weighted by Gasteiger charge is 2.15. The Hall–Kier alpha value is -1.51. The molecule has 0 spiro atoms. The molecule has 1 amide bonds. The molecule has 17 heavy (non-hydrogen) atoms. The molecule has 0 fully saturated rings. The number of nitrogens with zero attached hydrogens (tertiary/aromatic N) is 1. The summed E-state index contributed by atoms with van der Waals surface area (Å²) < 4.78 is 0. The molecule has 0 heterocycles. The standard InChI is InChI=1S/C14H22N2O/c1-4-6-9-16(5-2)14(17)13-10-12(15)8-7-11(13)3/h7-8,10H,4-6,9,15H2,1-3H3. The van der Waals surface area contributed by atoms with Crippen LogP contribution in [-0.2, 0) is 0 Å². The van der Waals surface area contributed by atoms with Gasteiger partial charge in [-0.25, -0.2) is 0 Å². The fraction of sp³-hybridized carbons (Fsp3) is 0.500. The normalized spacial score (nSPS) is 10.3. The Labute approximate surface area is 104 Å². The highest BCUT2D eigenvalue weighted by atomic mass is 16.2. The molecule has 0 atom stereocenters. The first-order valence-electron chi connectivity index (χ1n) is 6.25. The highest BCUT2D eigenvalue weighted by molar-refractivity contribution is 5.96. The quantitative estimate of drug-likeness (QED) is 0.796. The second-order valence-corrected chi connectivity index (χ2v) is 4.31. The second-order valence-electron chi connectivity index (χ2n) is 4.31. The van der Waals surface area contributed by atoms with Gasteiger partial charge in [0.25, 0.3) is 5.91 Å². The average Bonchev–Trinajstić information content (AvgIpc) is 2.33. The van der Waals surface area contributed by atoms with Crippen molar-refractivity contribution in [1.82, 2.24) is 4.90 Å². The number of nitrogens with two attached hydrogens (primary N) is 1. The lowest BCUT2D eigenvalue weighted by molar-refractivity contribution is 0.0761. The summed E-state index contributed by atoms with van der Waals surface area (Å²) in [5.74, 6) is 0.0887. The lowest BCUT2D eigenvalue weighted by atomic mass is 10.1. The van der Waals surface area contributed by atoms with Crippen LogP contribution in [0.15, 0.2) is 18.2 Å². The predicted octanol–water partition coefficient (Wildman–Crippen LogP) is 2.84. The van der Waals surface area contributed by atoms with E-state index < -0.39 is 0 Å². The molecule has 1 aromatic rings. The summed E-state index contributed by atoms with van der Waals surface area (Å²) in [5, 5.41) is 0. The maximum absolute atomic E-state index is 12.3. The summed E-state index contributed by atoms with van der Waals surface area (Å²) in [6.45, 7) is 7.65. The van der Waals surface area contributed by atoms with Crippen molar-refractivity contribution in [3.8, 4) is 0 Å². The van der Waals surface area contributed by atoms with Crippen LogP contribution in [-0.4, -0.2) is 23.9 Å². The first-order chi connectivity index (χ1) is 8.10. The number of aryl methyl sites for hydroxylation is 1. The summed E-state index contributed by atoms with van der Waals surface area (Å²) >= 11 is 0. The van der Waals surface area contributed by atoms with E-state index in [4.69, 9.17) is 5.73 Å². The van der Waals surface area contributed by atoms with Gasteiger partial charge in [-0.05, 0) is 38.0 Å². The van der Waals surface area contributed by atoms with Gasteiger partial charge in [0, 0.05) is 24.3 Å². The van der Waals surface area contributed by atoms with Crippen molar-refractivity contribution in [2.24, 2.45) is 0 Å². The van der Waals surface area contributed by atoms with Crippen LogP contribution in [0.25, 0.3) is 0 Å². The molecular formula is C14H22N2O. The molecule has 0 aromatic heterocycles. The number of unbranched alkanes of at least 4 members (excludes halogenated alkanes) is 1. The molecule has 0 bridgehead atoms. The van der Waals surface area contributed by atoms with Crippen LogP contribution >= 0.6 is 0 Å². The first-order valence-corrected chi connectivity index (χ1v) is 6.25. The van der Waals surface area contributed by atoms with E-state index in [1.807, 2.05) is 30.9 Å². The molecule has 0 unspecified atom stereocenters. The maximum atomic E-state index is 12.3. The van der Waals surface area contributed by atoms with Crippen LogP contribution in [0.4, 0.5) is 5.69 Å². The fourth-order valence-corrected chi connectivity index (χ4v) is 1.79. The van der Waals surface area contributed by atoms with E-state index in [1.54, 1.807) is 6.07 Å². The topological polar surface area (TPSA) is 46.3 Å².